The Kier molecular flexibility index (Phi) is 4.77. The fourth-order valence-electron chi connectivity index (χ4n) is 2.10. The van der Waals surface area contributed by atoms with Crippen LogP contribution in [0.5, 0.6) is 0 Å². The predicted octanol–water partition coefficient (Wildman–Crippen LogP) is 3.90. The summed E-state index contributed by atoms with van der Waals surface area (Å²) in [5, 5.41) is 6.48. The number of amides is 1. The van der Waals surface area contributed by atoms with Crippen molar-refractivity contribution < 1.29 is 9.21 Å². The van der Waals surface area contributed by atoms with Gasteiger partial charge in [-0.3, -0.25) is 4.79 Å². The first kappa shape index (κ1) is 16.0. The van der Waals surface area contributed by atoms with Gasteiger partial charge in [-0.2, -0.15) is 0 Å². The molecule has 0 saturated heterocycles. The van der Waals surface area contributed by atoms with Crippen molar-refractivity contribution in [1.29, 1.82) is 0 Å². The number of benzene rings is 1. The Morgan fingerprint density at radius 1 is 1.25 bits per heavy atom. The number of anilines is 2. The summed E-state index contributed by atoms with van der Waals surface area (Å²) < 4.78 is 5.24. The summed E-state index contributed by atoms with van der Waals surface area (Å²) in [5.41, 5.74) is 1.71. The van der Waals surface area contributed by atoms with Crippen LogP contribution in [0.15, 0.2) is 53.4 Å². The highest BCUT2D eigenvalue weighted by atomic mass is 35.5. The molecule has 0 unspecified atom stereocenters. The number of hydrogen-bond donors (Lipinski definition) is 2. The summed E-state index contributed by atoms with van der Waals surface area (Å²) in [7, 11) is 0. The van der Waals surface area contributed by atoms with Gasteiger partial charge in [0.2, 0.25) is 0 Å². The average molecular weight is 343 g/mol. The van der Waals surface area contributed by atoms with Gasteiger partial charge in [0.25, 0.3) is 5.91 Å². The maximum absolute atomic E-state index is 12.4. The van der Waals surface area contributed by atoms with Crippen molar-refractivity contribution >= 4 is 29.0 Å². The lowest BCUT2D eigenvalue weighted by Gasteiger charge is -2.10. The second-order valence-corrected chi connectivity index (χ2v) is 5.50. The molecular formula is C17H15ClN4O2. The average Bonchev–Trinajstić information content (AvgIpc) is 3.11. The number of aromatic nitrogens is 2. The third-order valence-corrected chi connectivity index (χ3v) is 3.85. The third-order valence-electron chi connectivity index (χ3n) is 3.44. The van der Waals surface area contributed by atoms with Crippen molar-refractivity contribution in [2.45, 2.75) is 13.5 Å². The zero-order valence-corrected chi connectivity index (χ0v) is 13.7. The van der Waals surface area contributed by atoms with Crippen molar-refractivity contribution in [1.82, 2.24) is 9.97 Å². The predicted molar refractivity (Wildman–Crippen MR) is 92.2 cm³/mol. The summed E-state index contributed by atoms with van der Waals surface area (Å²) >= 11 is 6.06. The first-order valence-corrected chi connectivity index (χ1v) is 7.66. The molecule has 3 rings (SSSR count). The highest BCUT2D eigenvalue weighted by Crippen LogP contribution is 2.23. The standard InChI is InChI=1S/C17H15ClN4O2/c1-11-13(18)5-2-6-14(11)22-17(23)15-8-16(21-10-20-15)19-9-12-4-3-7-24-12/h2-8,10H,9H2,1H3,(H,22,23)(H,19,20,21). The molecule has 24 heavy (non-hydrogen) atoms. The molecule has 0 fully saturated rings. The number of carbonyl (C=O) groups excluding carboxylic acids is 1. The topological polar surface area (TPSA) is 80.0 Å². The van der Waals surface area contributed by atoms with Crippen LogP contribution in [0.2, 0.25) is 5.02 Å². The van der Waals surface area contributed by atoms with Crippen LogP contribution in [0.25, 0.3) is 0 Å². The van der Waals surface area contributed by atoms with Crippen molar-refractivity contribution in [3.05, 3.63) is 71.0 Å². The van der Waals surface area contributed by atoms with E-state index >= 15 is 0 Å². The lowest BCUT2D eigenvalue weighted by atomic mass is 10.2. The van der Waals surface area contributed by atoms with E-state index < -0.39 is 0 Å². The molecule has 0 spiro atoms. The minimum Gasteiger partial charge on any atom is -0.467 e. The molecule has 0 aliphatic rings. The van der Waals surface area contributed by atoms with E-state index in [4.69, 9.17) is 16.0 Å². The molecule has 2 aromatic heterocycles. The molecule has 7 heteroatoms. The van der Waals surface area contributed by atoms with Gasteiger partial charge in [-0.15, -0.1) is 0 Å². The molecule has 1 aromatic carbocycles. The van der Waals surface area contributed by atoms with Gasteiger partial charge in [0, 0.05) is 16.8 Å². The molecule has 6 nitrogen and oxygen atoms in total. The Balaban J connectivity index is 1.71. The first-order valence-electron chi connectivity index (χ1n) is 7.28. The van der Waals surface area contributed by atoms with Crippen LogP contribution in [0.4, 0.5) is 11.5 Å². The number of rotatable bonds is 5. The molecule has 2 heterocycles. The summed E-state index contributed by atoms with van der Waals surface area (Å²) in [6.45, 7) is 2.31. The molecule has 0 aliphatic carbocycles. The van der Waals surface area contributed by atoms with E-state index in [1.807, 2.05) is 19.1 Å². The minimum atomic E-state index is -0.330. The largest absolute Gasteiger partial charge is 0.467 e. The van der Waals surface area contributed by atoms with Crippen LogP contribution in [0.1, 0.15) is 21.8 Å². The zero-order chi connectivity index (χ0) is 16.9. The van der Waals surface area contributed by atoms with Crippen LogP contribution in [-0.2, 0) is 6.54 Å². The van der Waals surface area contributed by atoms with E-state index in [1.54, 1.807) is 30.5 Å². The molecule has 2 N–H and O–H groups in total. The van der Waals surface area contributed by atoms with Gasteiger partial charge in [0.05, 0.1) is 12.8 Å². The molecular weight excluding hydrogens is 328 g/mol. The molecule has 0 aliphatic heterocycles. The van der Waals surface area contributed by atoms with Crippen LogP contribution >= 0.6 is 11.6 Å². The van der Waals surface area contributed by atoms with Gasteiger partial charge in [-0.1, -0.05) is 17.7 Å². The van der Waals surface area contributed by atoms with Crippen molar-refractivity contribution in [2.75, 3.05) is 10.6 Å². The number of hydrogen-bond acceptors (Lipinski definition) is 5. The van der Waals surface area contributed by atoms with Crippen LogP contribution in [-0.4, -0.2) is 15.9 Å². The van der Waals surface area contributed by atoms with E-state index in [1.165, 1.54) is 6.33 Å². The second kappa shape index (κ2) is 7.14. The Bertz CT molecular complexity index is 850. The molecule has 0 radical (unpaired) electrons. The lowest BCUT2D eigenvalue weighted by Crippen LogP contribution is -2.15. The van der Waals surface area contributed by atoms with Gasteiger partial charge < -0.3 is 15.1 Å². The molecule has 0 atom stereocenters. The van der Waals surface area contributed by atoms with Crippen LogP contribution < -0.4 is 10.6 Å². The van der Waals surface area contributed by atoms with E-state index in [9.17, 15) is 4.79 Å². The van der Waals surface area contributed by atoms with Gasteiger partial charge in [-0.25, -0.2) is 9.97 Å². The van der Waals surface area contributed by atoms with Crippen LogP contribution in [0, 0.1) is 6.92 Å². The minimum absolute atomic E-state index is 0.256. The second-order valence-electron chi connectivity index (χ2n) is 5.09. The monoisotopic (exact) mass is 342 g/mol. The van der Waals surface area contributed by atoms with Gasteiger partial charge >= 0.3 is 0 Å². The zero-order valence-electron chi connectivity index (χ0n) is 12.9. The van der Waals surface area contributed by atoms with E-state index in [0.717, 1.165) is 11.3 Å². The Morgan fingerprint density at radius 2 is 2.12 bits per heavy atom. The molecule has 122 valence electrons. The molecule has 3 aromatic rings. The highest BCUT2D eigenvalue weighted by molar-refractivity contribution is 6.31. The summed E-state index contributed by atoms with van der Waals surface area (Å²) in [4.78, 5) is 20.5. The van der Waals surface area contributed by atoms with Crippen LogP contribution in [0.3, 0.4) is 0 Å². The quantitative estimate of drug-likeness (QED) is 0.735. The maximum Gasteiger partial charge on any atom is 0.274 e. The number of nitrogens with zero attached hydrogens (tertiary/aromatic N) is 2. The van der Waals surface area contributed by atoms with E-state index in [2.05, 4.69) is 20.6 Å². The van der Waals surface area contributed by atoms with E-state index in [0.29, 0.717) is 23.1 Å². The highest BCUT2D eigenvalue weighted by Gasteiger charge is 2.11. The molecule has 1 amide bonds. The smallest absolute Gasteiger partial charge is 0.274 e. The van der Waals surface area contributed by atoms with Gasteiger partial charge in [0.1, 0.15) is 23.6 Å². The number of nitrogens with one attached hydrogen (secondary N) is 2. The van der Waals surface area contributed by atoms with Gasteiger partial charge in [0.15, 0.2) is 0 Å². The maximum atomic E-state index is 12.4. The van der Waals surface area contributed by atoms with Crippen molar-refractivity contribution in [3.63, 3.8) is 0 Å². The van der Waals surface area contributed by atoms with Gasteiger partial charge in [-0.05, 0) is 36.8 Å². The van der Waals surface area contributed by atoms with Crippen molar-refractivity contribution in [2.24, 2.45) is 0 Å². The normalized spacial score (nSPS) is 10.4. The Morgan fingerprint density at radius 3 is 2.92 bits per heavy atom. The third kappa shape index (κ3) is 3.72. The van der Waals surface area contributed by atoms with Crippen molar-refractivity contribution in [3.8, 4) is 0 Å². The lowest BCUT2D eigenvalue weighted by molar-refractivity contribution is 0.102. The summed E-state index contributed by atoms with van der Waals surface area (Å²) in [6, 6.07) is 10.6. The Labute approximate surface area is 143 Å². The summed E-state index contributed by atoms with van der Waals surface area (Å²) in [6.07, 6.45) is 2.94. The Hall–Kier alpha value is -2.86. The first-order chi connectivity index (χ1) is 11.6. The van der Waals surface area contributed by atoms with E-state index in [-0.39, 0.29) is 11.6 Å². The number of halogens is 1. The summed E-state index contributed by atoms with van der Waals surface area (Å²) in [5.74, 6) is 0.979. The number of carbonyl (C=O) groups is 1. The molecule has 0 saturated carbocycles. The fourth-order valence-corrected chi connectivity index (χ4v) is 2.27. The molecule has 0 bridgehead atoms. The number of furan rings is 1. The SMILES string of the molecule is Cc1c(Cl)cccc1NC(=O)c1cc(NCc2ccco2)ncn1. The fraction of sp³-hybridized carbons (Fsp3) is 0.118.